The van der Waals surface area contributed by atoms with Crippen LogP contribution >= 0.6 is 0 Å². The highest BCUT2D eigenvalue weighted by Gasteiger charge is 2.40. The number of ether oxygens (including phenoxy) is 1. The first-order valence-electron chi connectivity index (χ1n) is 6.47. The SMILES string of the molecule is CC(C)(C)N(O)C(=O)C1CC(Oc2cccnc2)C1. The highest BCUT2D eigenvalue weighted by Crippen LogP contribution is 2.33. The highest BCUT2D eigenvalue weighted by atomic mass is 16.5. The zero-order chi connectivity index (χ0) is 14.0. The molecule has 1 aromatic heterocycles. The maximum absolute atomic E-state index is 12.0. The van der Waals surface area contributed by atoms with Gasteiger partial charge in [0.2, 0.25) is 5.91 Å². The summed E-state index contributed by atoms with van der Waals surface area (Å²) in [5.74, 6) is 0.347. The lowest BCUT2D eigenvalue weighted by Gasteiger charge is -2.39. The molecule has 1 saturated carbocycles. The van der Waals surface area contributed by atoms with Gasteiger partial charge in [-0.2, -0.15) is 0 Å². The summed E-state index contributed by atoms with van der Waals surface area (Å²) in [4.78, 5) is 15.9. The third kappa shape index (κ3) is 3.23. The summed E-state index contributed by atoms with van der Waals surface area (Å²) >= 11 is 0. The third-order valence-electron chi connectivity index (χ3n) is 3.23. The molecule has 1 aliphatic carbocycles. The van der Waals surface area contributed by atoms with Crippen LogP contribution in [0.4, 0.5) is 0 Å². The van der Waals surface area contributed by atoms with E-state index >= 15 is 0 Å². The lowest BCUT2D eigenvalue weighted by Crippen LogP contribution is -2.50. The molecule has 0 radical (unpaired) electrons. The standard InChI is InChI=1S/C14H20N2O3/c1-14(2,3)16(18)13(17)10-7-12(8-10)19-11-5-4-6-15-9-11/h4-6,9-10,12,18H,7-8H2,1-3H3. The largest absolute Gasteiger partial charge is 0.489 e. The van der Waals surface area contributed by atoms with Crippen LogP contribution in [0.1, 0.15) is 33.6 Å². The predicted octanol–water partition coefficient (Wildman–Crippen LogP) is 2.26. The Hall–Kier alpha value is -1.62. The number of pyridine rings is 1. The summed E-state index contributed by atoms with van der Waals surface area (Å²) in [5, 5.41) is 10.6. The fourth-order valence-electron chi connectivity index (χ4n) is 1.98. The molecule has 1 heterocycles. The van der Waals surface area contributed by atoms with Crippen molar-refractivity contribution in [1.82, 2.24) is 10.0 Å². The van der Waals surface area contributed by atoms with E-state index < -0.39 is 5.54 Å². The van der Waals surface area contributed by atoms with Crippen molar-refractivity contribution in [3.63, 3.8) is 0 Å². The van der Waals surface area contributed by atoms with Gasteiger partial charge in [-0.1, -0.05) is 0 Å². The minimum Gasteiger partial charge on any atom is -0.489 e. The first-order valence-corrected chi connectivity index (χ1v) is 6.47. The van der Waals surface area contributed by atoms with Crippen LogP contribution < -0.4 is 4.74 Å². The first kappa shape index (κ1) is 13.8. The Morgan fingerprint density at radius 2 is 2.16 bits per heavy atom. The van der Waals surface area contributed by atoms with Crippen LogP contribution in [0.25, 0.3) is 0 Å². The van der Waals surface area contributed by atoms with E-state index in [9.17, 15) is 10.0 Å². The van der Waals surface area contributed by atoms with Crippen molar-refractivity contribution in [2.75, 3.05) is 0 Å². The van der Waals surface area contributed by atoms with Gasteiger partial charge in [-0.3, -0.25) is 15.0 Å². The molecule has 1 aromatic rings. The number of amides is 1. The van der Waals surface area contributed by atoms with Crippen molar-refractivity contribution in [3.05, 3.63) is 24.5 Å². The summed E-state index contributed by atoms with van der Waals surface area (Å²) in [6, 6.07) is 3.65. The number of carbonyl (C=O) groups is 1. The highest BCUT2D eigenvalue weighted by molar-refractivity contribution is 5.79. The van der Waals surface area contributed by atoms with Gasteiger partial charge in [0.05, 0.1) is 11.7 Å². The van der Waals surface area contributed by atoms with Gasteiger partial charge < -0.3 is 4.74 Å². The monoisotopic (exact) mass is 264 g/mol. The third-order valence-corrected chi connectivity index (χ3v) is 3.23. The summed E-state index contributed by atoms with van der Waals surface area (Å²) < 4.78 is 5.68. The van der Waals surface area contributed by atoms with Gasteiger partial charge in [-0.25, -0.2) is 5.06 Å². The zero-order valence-electron chi connectivity index (χ0n) is 11.5. The topological polar surface area (TPSA) is 62.7 Å². The van der Waals surface area contributed by atoms with Gasteiger partial charge in [-0.05, 0) is 45.7 Å². The van der Waals surface area contributed by atoms with E-state index in [1.807, 2.05) is 12.1 Å². The average Bonchev–Trinajstić information content (AvgIpc) is 2.31. The van der Waals surface area contributed by atoms with E-state index in [-0.39, 0.29) is 17.9 Å². The van der Waals surface area contributed by atoms with Crippen LogP contribution in [-0.4, -0.2) is 32.8 Å². The van der Waals surface area contributed by atoms with E-state index in [0.29, 0.717) is 12.8 Å². The fourth-order valence-corrected chi connectivity index (χ4v) is 1.98. The molecule has 1 fully saturated rings. The van der Waals surface area contributed by atoms with Gasteiger partial charge in [0, 0.05) is 12.1 Å². The minimum atomic E-state index is -0.563. The molecule has 0 saturated heterocycles. The molecule has 19 heavy (non-hydrogen) atoms. The van der Waals surface area contributed by atoms with E-state index in [2.05, 4.69) is 4.98 Å². The quantitative estimate of drug-likeness (QED) is 0.672. The zero-order valence-corrected chi connectivity index (χ0v) is 11.5. The molecule has 1 amide bonds. The Kier molecular flexibility index (Phi) is 3.75. The van der Waals surface area contributed by atoms with E-state index in [4.69, 9.17) is 4.74 Å². The molecule has 0 aromatic carbocycles. The molecular weight excluding hydrogens is 244 g/mol. The Morgan fingerprint density at radius 1 is 1.47 bits per heavy atom. The Morgan fingerprint density at radius 3 is 2.68 bits per heavy atom. The van der Waals surface area contributed by atoms with Crippen molar-refractivity contribution >= 4 is 5.91 Å². The van der Waals surface area contributed by atoms with Crippen molar-refractivity contribution in [1.29, 1.82) is 0 Å². The van der Waals surface area contributed by atoms with Gasteiger partial charge >= 0.3 is 0 Å². The molecule has 1 N–H and O–H groups in total. The van der Waals surface area contributed by atoms with Crippen molar-refractivity contribution in [2.24, 2.45) is 5.92 Å². The number of nitrogens with zero attached hydrogens (tertiary/aromatic N) is 2. The molecule has 104 valence electrons. The summed E-state index contributed by atoms with van der Waals surface area (Å²) in [6.07, 6.45) is 4.66. The summed E-state index contributed by atoms with van der Waals surface area (Å²) in [6.45, 7) is 5.40. The van der Waals surface area contributed by atoms with Crippen molar-refractivity contribution in [2.45, 2.75) is 45.3 Å². The molecule has 2 rings (SSSR count). The molecule has 5 heteroatoms. The Labute approximate surface area is 113 Å². The van der Waals surface area contributed by atoms with Gasteiger partial charge in [-0.15, -0.1) is 0 Å². The maximum atomic E-state index is 12.0. The molecule has 0 aliphatic heterocycles. The molecular formula is C14H20N2O3. The maximum Gasteiger partial charge on any atom is 0.249 e. The second-order valence-corrected chi connectivity index (χ2v) is 5.92. The lowest BCUT2D eigenvalue weighted by atomic mass is 9.81. The molecule has 0 bridgehead atoms. The van der Waals surface area contributed by atoms with Gasteiger partial charge in [0.1, 0.15) is 11.9 Å². The van der Waals surface area contributed by atoms with Crippen LogP contribution in [-0.2, 0) is 4.79 Å². The number of carbonyl (C=O) groups excluding carboxylic acids is 1. The van der Waals surface area contributed by atoms with Crippen LogP contribution in [0.5, 0.6) is 5.75 Å². The van der Waals surface area contributed by atoms with Crippen molar-refractivity contribution in [3.8, 4) is 5.75 Å². The fraction of sp³-hybridized carbons (Fsp3) is 0.571. The van der Waals surface area contributed by atoms with Crippen molar-refractivity contribution < 1.29 is 14.7 Å². The minimum absolute atomic E-state index is 0.0338. The molecule has 0 spiro atoms. The predicted molar refractivity (Wildman–Crippen MR) is 69.8 cm³/mol. The number of aromatic nitrogens is 1. The Bertz CT molecular complexity index is 436. The summed E-state index contributed by atoms with van der Waals surface area (Å²) in [5.41, 5.74) is -0.563. The first-order chi connectivity index (χ1) is 8.88. The van der Waals surface area contributed by atoms with Crippen LogP contribution in [0.3, 0.4) is 0 Å². The summed E-state index contributed by atoms with van der Waals surface area (Å²) in [7, 11) is 0. The normalized spacial score (nSPS) is 22.5. The molecule has 0 unspecified atom stereocenters. The molecule has 1 aliphatic rings. The molecule has 0 atom stereocenters. The average molecular weight is 264 g/mol. The molecule has 5 nitrogen and oxygen atoms in total. The van der Waals surface area contributed by atoms with E-state index in [1.165, 1.54) is 0 Å². The second kappa shape index (κ2) is 5.17. The van der Waals surface area contributed by atoms with Gasteiger partial charge in [0.15, 0.2) is 0 Å². The smallest absolute Gasteiger partial charge is 0.249 e. The van der Waals surface area contributed by atoms with Crippen LogP contribution in [0, 0.1) is 5.92 Å². The number of hydrogen-bond acceptors (Lipinski definition) is 4. The van der Waals surface area contributed by atoms with E-state index in [1.54, 1.807) is 33.2 Å². The van der Waals surface area contributed by atoms with E-state index in [0.717, 1.165) is 10.8 Å². The number of hydroxylamine groups is 2. The second-order valence-electron chi connectivity index (χ2n) is 5.92. The number of hydrogen-bond donors (Lipinski definition) is 1. The lowest BCUT2D eigenvalue weighted by molar-refractivity contribution is -0.196. The number of rotatable bonds is 3. The Balaban J connectivity index is 1.82. The van der Waals surface area contributed by atoms with Gasteiger partial charge in [0.25, 0.3) is 0 Å². The van der Waals surface area contributed by atoms with Crippen LogP contribution in [0.15, 0.2) is 24.5 Å². The van der Waals surface area contributed by atoms with Crippen LogP contribution in [0.2, 0.25) is 0 Å².